The van der Waals surface area contributed by atoms with E-state index in [1.54, 1.807) is 6.07 Å². The first-order chi connectivity index (χ1) is 9.95. The van der Waals surface area contributed by atoms with Crippen molar-refractivity contribution in [1.82, 2.24) is 15.1 Å². The van der Waals surface area contributed by atoms with E-state index in [-0.39, 0.29) is 11.9 Å². The molecule has 1 unspecified atom stereocenters. The van der Waals surface area contributed by atoms with E-state index < -0.39 is 0 Å². The molecule has 0 saturated carbocycles. The van der Waals surface area contributed by atoms with Gasteiger partial charge in [-0.15, -0.1) is 0 Å². The Bertz CT molecular complexity index is 608. The lowest BCUT2D eigenvalue weighted by atomic mass is 9.93. The summed E-state index contributed by atoms with van der Waals surface area (Å²) in [5.74, 6) is -0.149. The van der Waals surface area contributed by atoms with Crippen molar-refractivity contribution in [3.05, 3.63) is 52.1 Å². The van der Waals surface area contributed by atoms with Gasteiger partial charge < -0.3 is 5.32 Å². The monoisotopic (exact) mass is 289 g/mol. The highest BCUT2D eigenvalue weighted by Crippen LogP contribution is 2.30. The Morgan fingerprint density at radius 3 is 2.52 bits per heavy atom. The normalized spacial score (nSPS) is 12.7. The molecule has 0 aliphatic rings. The van der Waals surface area contributed by atoms with Gasteiger partial charge in [-0.2, -0.15) is 5.10 Å². The second kappa shape index (κ2) is 6.39. The van der Waals surface area contributed by atoms with E-state index in [2.05, 4.69) is 17.3 Å². The number of rotatable bonds is 5. The van der Waals surface area contributed by atoms with E-state index in [4.69, 9.17) is 0 Å². The molecule has 2 aromatic rings. The van der Waals surface area contributed by atoms with Gasteiger partial charge in [0.1, 0.15) is 5.82 Å². The van der Waals surface area contributed by atoms with Crippen molar-refractivity contribution in [2.45, 2.75) is 40.2 Å². The van der Waals surface area contributed by atoms with Crippen molar-refractivity contribution in [1.29, 1.82) is 0 Å². The lowest BCUT2D eigenvalue weighted by Crippen LogP contribution is -2.25. The van der Waals surface area contributed by atoms with Crippen LogP contribution in [-0.2, 0) is 7.05 Å². The lowest BCUT2D eigenvalue weighted by molar-refractivity contribution is 0.541. The maximum Gasteiger partial charge on any atom is 0.128 e. The van der Waals surface area contributed by atoms with Crippen molar-refractivity contribution in [3.63, 3.8) is 0 Å². The molecule has 114 valence electrons. The largest absolute Gasteiger partial charge is 0.306 e. The highest BCUT2D eigenvalue weighted by atomic mass is 19.1. The van der Waals surface area contributed by atoms with Crippen LogP contribution >= 0.6 is 0 Å². The number of aromatic nitrogens is 2. The van der Waals surface area contributed by atoms with Crippen molar-refractivity contribution in [2.75, 3.05) is 6.54 Å². The summed E-state index contributed by atoms with van der Waals surface area (Å²) in [6.45, 7) is 8.86. The zero-order valence-electron chi connectivity index (χ0n) is 13.5. The van der Waals surface area contributed by atoms with Crippen LogP contribution in [0.15, 0.2) is 18.3 Å². The van der Waals surface area contributed by atoms with E-state index in [0.29, 0.717) is 0 Å². The molecular weight excluding hydrogens is 265 g/mol. The zero-order chi connectivity index (χ0) is 15.6. The fourth-order valence-electron chi connectivity index (χ4n) is 2.75. The number of nitrogens with zero attached hydrogens (tertiary/aromatic N) is 2. The predicted molar refractivity (Wildman–Crippen MR) is 84.0 cm³/mol. The lowest BCUT2D eigenvalue weighted by Gasteiger charge is -2.22. The van der Waals surface area contributed by atoms with Crippen molar-refractivity contribution < 1.29 is 4.39 Å². The van der Waals surface area contributed by atoms with Crippen LogP contribution in [0.4, 0.5) is 4.39 Å². The summed E-state index contributed by atoms with van der Waals surface area (Å²) in [4.78, 5) is 0. The fourth-order valence-corrected chi connectivity index (χ4v) is 2.75. The molecule has 4 heteroatoms. The number of aryl methyl sites for hydroxylation is 3. The molecule has 1 aromatic heterocycles. The standard InChI is InChI=1S/C17H24FN3/c1-6-7-19-17(14-10-20-21(5)13(14)4)16-12(3)8-11(2)9-15(16)18/h8-10,17,19H,6-7H2,1-5H3. The molecule has 0 amide bonds. The molecule has 0 radical (unpaired) electrons. The van der Waals surface area contributed by atoms with Crippen LogP contribution < -0.4 is 5.32 Å². The first-order valence-corrected chi connectivity index (χ1v) is 7.44. The van der Waals surface area contributed by atoms with Gasteiger partial charge in [0, 0.05) is 23.9 Å². The molecule has 1 heterocycles. The maximum absolute atomic E-state index is 14.5. The van der Waals surface area contributed by atoms with Gasteiger partial charge in [-0.3, -0.25) is 4.68 Å². The molecule has 0 spiro atoms. The molecule has 0 saturated heterocycles. The summed E-state index contributed by atoms with van der Waals surface area (Å²) in [5.41, 5.74) is 4.75. The Kier molecular flexibility index (Phi) is 4.78. The number of halogens is 1. The van der Waals surface area contributed by atoms with Gasteiger partial charge in [-0.1, -0.05) is 13.0 Å². The Morgan fingerprint density at radius 1 is 1.29 bits per heavy atom. The van der Waals surface area contributed by atoms with Gasteiger partial charge in [0.25, 0.3) is 0 Å². The van der Waals surface area contributed by atoms with Crippen molar-refractivity contribution in [2.24, 2.45) is 7.05 Å². The van der Waals surface area contributed by atoms with Gasteiger partial charge in [0.15, 0.2) is 0 Å². The molecule has 21 heavy (non-hydrogen) atoms. The SMILES string of the molecule is CCCNC(c1cnn(C)c1C)c1c(C)cc(C)cc1F. The quantitative estimate of drug-likeness (QED) is 0.912. The van der Waals surface area contributed by atoms with Crippen LogP contribution in [-0.4, -0.2) is 16.3 Å². The highest BCUT2D eigenvalue weighted by Gasteiger charge is 2.23. The van der Waals surface area contributed by atoms with Crippen LogP contribution in [0.2, 0.25) is 0 Å². The number of nitrogens with one attached hydrogen (secondary N) is 1. The Labute approximate surface area is 126 Å². The third kappa shape index (κ3) is 3.16. The second-order valence-corrected chi connectivity index (χ2v) is 5.67. The summed E-state index contributed by atoms with van der Waals surface area (Å²) < 4.78 is 16.4. The van der Waals surface area contributed by atoms with Gasteiger partial charge in [0.05, 0.1) is 12.2 Å². The second-order valence-electron chi connectivity index (χ2n) is 5.67. The Morgan fingerprint density at radius 2 is 2.00 bits per heavy atom. The predicted octanol–water partition coefficient (Wildman–Crippen LogP) is 3.57. The molecule has 0 fully saturated rings. The summed E-state index contributed by atoms with van der Waals surface area (Å²) in [5, 5.41) is 7.77. The number of hydrogen-bond acceptors (Lipinski definition) is 2. The van der Waals surface area contributed by atoms with Crippen LogP contribution in [0, 0.1) is 26.6 Å². The molecule has 1 aromatic carbocycles. The van der Waals surface area contributed by atoms with Gasteiger partial charge in [0.2, 0.25) is 0 Å². The minimum Gasteiger partial charge on any atom is -0.306 e. The van der Waals surface area contributed by atoms with Crippen LogP contribution in [0.1, 0.15) is 47.3 Å². The van der Waals surface area contributed by atoms with E-state index in [1.807, 2.05) is 44.8 Å². The van der Waals surface area contributed by atoms with Gasteiger partial charge in [-0.05, 0) is 50.9 Å². The third-order valence-corrected chi connectivity index (χ3v) is 3.95. The van der Waals surface area contributed by atoms with E-state index in [9.17, 15) is 4.39 Å². The molecule has 3 nitrogen and oxygen atoms in total. The summed E-state index contributed by atoms with van der Waals surface area (Å²) in [7, 11) is 1.91. The van der Waals surface area contributed by atoms with Gasteiger partial charge in [-0.25, -0.2) is 4.39 Å². The first kappa shape index (κ1) is 15.7. The Balaban J connectivity index is 2.53. The summed E-state index contributed by atoms with van der Waals surface area (Å²) >= 11 is 0. The Hall–Kier alpha value is -1.68. The zero-order valence-corrected chi connectivity index (χ0v) is 13.5. The van der Waals surface area contributed by atoms with E-state index in [0.717, 1.165) is 40.9 Å². The van der Waals surface area contributed by atoms with Crippen molar-refractivity contribution in [3.8, 4) is 0 Å². The minimum absolute atomic E-state index is 0.149. The molecule has 0 aliphatic carbocycles. The van der Waals surface area contributed by atoms with Crippen LogP contribution in [0.5, 0.6) is 0 Å². The molecule has 1 N–H and O–H groups in total. The van der Waals surface area contributed by atoms with Crippen molar-refractivity contribution >= 4 is 0 Å². The minimum atomic E-state index is -0.153. The molecule has 0 aliphatic heterocycles. The van der Waals surface area contributed by atoms with Gasteiger partial charge >= 0.3 is 0 Å². The van der Waals surface area contributed by atoms with Crippen LogP contribution in [0.25, 0.3) is 0 Å². The fraction of sp³-hybridized carbons (Fsp3) is 0.471. The molecule has 2 rings (SSSR count). The summed E-state index contributed by atoms with van der Waals surface area (Å²) in [6.07, 6.45) is 2.84. The smallest absolute Gasteiger partial charge is 0.128 e. The molecule has 0 bridgehead atoms. The number of benzene rings is 1. The average Bonchev–Trinajstić information content (AvgIpc) is 2.73. The number of hydrogen-bond donors (Lipinski definition) is 1. The average molecular weight is 289 g/mol. The van der Waals surface area contributed by atoms with E-state index in [1.165, 1.54) is 0 Å². The molecular formula is C17H24FN3. The molecule has 1 atom stereocenters. The van der Waals surface area contributed by atoms with E-state index >= 15 is 0 Å². The summed E-state index contributed by atoms with van der Waals surface area (Å²) in [6, 6.07) is 3.48. The third-order valence-electron chi connectivity index (χ3n) is 3.95. The van der Waals surface area contributed by atoms with Crippen LogP contribution in [0.3, 0.4) is 0 Å². The maximum atomic E-state index is 14.5. The highest BCUT2D eigenvalue weighted by molar-refractivity contribution is 5.40. The first-order valence-electron chi connectivity index (χ1n) is 7.44. The topological polar surface area (TPSA) is 29.9 Å².